The minimum Gasteiger partial charge on any atom is -0.507 e. The quantitative estimate of drug-likeness (QED) is 0.742. The number of benzene rings is 2. The van der Waals surface area contributed by atoms with Crippen LogP contribution in [0.2, 0.25) is 0 Å². The average Bonchev–Trinajstić information content (AvgIpc) is 2.51. The van der Waals surface area contributed by atoms with E-state index < -0.39 is 5.63 Å². The van der Waals surface area contributed by atoms with E-state index in [1.807, 2.05) is 42.5 Å². The van der Waals surface area contributed by atoms with Crippen molar-refractivity contribution in [2.24, 2.45) is 0 Å². The molecule has 3 aromatic rings. The van der Waals surface area contributed by atoms with Crippen molar-refractivity contribution < 1.29 is 9.52 Å². The zero-order chi connectivity index (χ0) is 14.7. The van der Waals surface area contributed by atoms with Crippen molar-refractivity contribution >= 4 is 17.0 Å². The fourth-order valence-corrected chi connectivity index (χ4v) is 2.23. The molecule has 0 aliphatic heterocycles. The third-order valence-corrected chi connectivity index (χ3v) is 3.31. The molecule has 0 aliphatic rings. The first-order chi connectivity index (χ1) is 10.3. The molecular formula is C18H14O3. The number of rotatable bonds is 3. The highest BCUT2D eigenvalue weighted by molar-refractivity contribution is 5.84. The molecule has 0 bridgehead atoms. The highest BCUT2D eigenvalue weighted by Crippen LogP contribution is 2.26. The molecule has 0 fully saturated rings. The molecule has 0 saturated carbocycles. The van der Waals surface area contributed by atoms with E-state index in [9.17, 15) is 9.90 Å². The predicted molar refractivity (Wildman–Crippen MR) is 83.3 cm³/mol. The van der Waals surface area contributed by atoms with Crippen molar-refractivity contribution in [3.05, 3.63) is 82.2 Å². The van der Waals surface area contributed by atoms with E-state index >= 15 is 0 Å². The Morgan fingerprint density at radius 3 is 2.52 bits per heavy atom. The summed E-state index contributed by atoms with van der Waals surface area (Å²) >= 11 is 0. The molecule has 0 saturated heterocycles. The minimum atomic E-state index is -0.496. The van der Waals surface area contributed by atoms with E-state index in [1.165, 1.54) is 0 Å². The van der Waals surface area contributed by atoms with Gasteiger partial charge in [-0.3, -0.25) is 0 Å². The van der Waals surface area contributed by atoms with E-state index in [0.29, 0.717) is 17.4 Å². The molecule has 1 N–H and O–H groups in total. The fourth-order valence-electron chi connectivity index (χ4n) is 2.23. The molecular weight excluding hydrogens is 264 g/mol. The maximum absolute atomic E-state index is 11.9. The Hall–Kier alpha value is -2.81. The van der Waals surface area contributed by atoms with Crippen LogP contribution in [0.15, 0.2) is 69.9 Å². The van der Waals surface area contributed by atoms with Gasteiger partial charge < -0.3 is 9.52 Å². The third kappa shape index (κ3) is 2.72. The number of hydrogen-bond acceptors (Lipinski definition) is 3. The number of aromatic hydroxyl groups is 1. The van der Waals surface area contributed by atoms with Crippen LogP contribution in [0.4, 0.5) is 0 Å². The second kappa shape index (κ2) is 5.67. The molecule has 2 aromatic carbocycles. The van der Waals surface area contributed by atoms with E-state index in [4.69, 9.17) is 4.42 Å². The van der Waals surface area contributed by atoms with Gasteiger partial charge in [0.15, 0.2) is 0 Å². The largest absolute Gasteiger partial charge is 0.507 e. The molecule has 3 heteroatoms. The minimum absolute atomic E-state index is 0.000406. The molecule has 0 unspecified atom stereocenters. The Balaban J connectivity index is 1.94. The number of allylic oxidation sites excluding steroid dienone is 1. The smallest absolute Gasteiger partial charge is 0.343 e. The number of para-hydroxylation sites is 1. The number of fused-ring (bicyclic) bond motifs is 1. The summed E-state index contributed by atoms with van der Waals surface area (Å²) in [5.74, 6) is -0.000406. The first kappa shape index (κ1) is 13.2. The van der Waals surface area contributed by atoms with Gasteiger partial charge in [-0.2, -0.15) is 0 Å². The third-order valence-electron chi connectivity index (χ3n) is 3.31. The van der Waals surface area contributed by atoms with Gasteiger partial charge in [0.1, 0.15) is 11.3 Å². The summed E-state index contributed by atoms with van der Waals surface area (Å²) in [6.45, 7) is 0. The Bertz CT molecular complexity index is 845. The molecule has 1 aromatic heterocycles. The lowest BCUT2D eigenvalue weighted by molar-refractivity contribution is 0.459. The molecule has 0 spiro atoms. The van der Waals surface area contributed by atoms with Gasteiger partial charge in [-0.05, 0) is 17.7 Å². The summed E-state index contributed by atoms with van der Waals surface area (Å²) in [7, 11) is 0. The van der Waals surface area contributed by atoms with Crippen LogP contribution in [-0.4, -0.2) is 5.11 Å². The first-order valence-corrected chi connectivity index (χ1v) is 6.71. The second-order valence-corrected chi connectivity index (χ2v) is 4.73. The van der Waals surface area contributed by atoms with Gasteiger partial charge in [0.25, 0.3) is 0 Å². The highest BCUT2D eigenvalue weighted by Gasteiger charge is 2.11. The molecule has 0 amide bonds. The Morgan fingerprint density at radius 1 is 1.00 bits per heavy atom. The summed E-state index contributed by atoms with van der Waals surface area (Å²) in [6.07, 6.45) is 4.08. The predicted octanol–water partition coefficient (Wildman–Crippen LogP) is 3.75. The SMILES string of the molecule is O=c1oc2ccccc2c(O)c1C/C=C/c1ccccc1. The number of hydrogen-bond donors (Lipinski definition) is 1. The maximum atomic E-state index is 11.9. The van der Waals surface area contributed by atoms with Crippen LogP contribution in [-0.2, 0) is 6.42 Å². The van der Waals surface area contributed by atoms with Crippen molar-refractivity contribution in [1.29, 1.82) is 0 Å². The lowest BCUT2D eigenvalue weighted by Crippen LogP contribution is -2.06. The summed E-state index contributed by atoms with van der Waals surface area (Å²) in [5.41, 5.74) is 1.22. The van der Waals surface area contributed by atoms with Crippen LogP contribution in [0.25, 0.3) is 17.0 Å². The van der Waals surface area contributed by atoms with Crippen LogP contribution in [0.3, 0.4) is 0 Å². The van der Waals surface area contributed by atoms with Gasteiger partial charge >= 0.3 is 5.63 Å². The van der Waals surface area contributed by atoms with Gasteiger partial charge in [-0.25, -0.2) is 4.79 Å². The Morgan fingerprint density at radius 2 is 1.71 bits per heavy atom. The fraction of sp³-hybridized carbons (Fsp3) is 0.0556. The van der Waals surface area contributed by atoms with Crippen molar-refractivity contribution in [2.75, 3.05) is 0 Å². The van der Waals surface area contributed by atoms with E-state index in [0.717, 1.165) is 5.56 Å². The van der Waals surface area contributed by atoms with E-state index in [2.05, 4.69) is 0 Å². The lowest BCUT2D eigenvalue weighted by Gasteiger charge is -2.04. The van der Waals surface area contributed by atoms with Crippen LogP contribution in [0, 0.1) is 0 Å². The molecule has 3 nitrogen and oxygen atoms in total. The Labute approximate surface area is 121 Å². The van der Waals surface area contributed by atoms with Gasteiger partial charge in [-0.1, -0.05) is 54.6 Å². The molecule has 3 rings (SSSR count). The normalized spacial score (nSPS) is 11.2. The summed E-state index contributed by atoms with van der Waals surface area (Å²) < 4.78 is 5.23. The van der Waals surface area contributed by atoms with Gasteiger partial charge in [0.2, 0.25) is 0 Å². The zero-order valence-corrected chi connectivity index (χ0v) is 11.3. The van der Waals surface area contributed by atoms with Crippen molar-refractivity contribution in [3.63, 3.8) is 0 Å². The first-order valence-electron chi connectivity index (χ1n) is 6.71. The molecule has 1 heterocycles. The monoisotopic (exact) mass is 278 g/mol. The van der Waals surface area contributed by atoms with E-state index in [-0.39, 0.29) is 11.3 Å². The molecule has 0 radical (unpaired) electrons. The van der Waals surface area contributed by atoms with Gasteiger partial charge in [-0.15, -0.1) is 0 Å². The van der Waals surface area contributed by atoms with Crippen LogP contribution < -0.4 is 5.63 Å². The topological polar surface area (TPSA) is 50.4 Å². The Kier molecular flexibility index (Phi) is 3.56. The molecule has 0 atom stereocenters. The van der Waals surface area contributed by atoms with Crippen LogP contribution in [0.5, 0.6) is 5.75 Å². The summed E-state index contributed by atoms with van der Waals surface area (Å²) in [5, 5.41) is 10.8. The summed E-state index contributed by atoms with van der Waals surface area (Å²) in [4.78, 5) is 11.9. The highest BCUT2D eigenvalue weighted by atomic mass is 16.4. The maximum Gasteiger partial charge on any atom is 0.343 e. The summed E-state index contributed by atoms with van der Waals surface area (Å²) in [6, 6.07) is 16.7. The molecule has 0 aliphatic carbocycles. The van der Waals surface area contributed by atoms with Crippen molar-refractivity contribution in [1.82, 2.24) is 0 Å². The van der Waals surface area contributed by atoms with Crippen LogP contribution in [0.1, 0.15) is 11.1 Å². The van der Waals surface area contributed by atoms with Crippen LogP contribution >= 0.6 is 0 Å². The van der Waals surface area contributed by atoms with Gasteiger partial charge in [0.05, 0.1) is 10.9 Å². The van der Waals surface area contributed by atoms with Gasteiger partial charge in [0, 0.05) is 6.42 Å². The second-order valence-electron chi connectivity index (χ2n) is 4.73. The molecule has 104 valence electrons. The average molecular weight is 278 g/mol. The van der Waals surface area contributed by atoms with Crippen molar-refractivity contribution in [3.8, 4) is 5.75 Å². The van der Waals surface area contributed by atoms with Crippen molar-refractivity contribution in [2.45, 2.75) is 6.42 Å². The molecule has 21 heavy (non-hydrogen) atoms. The lowest BCUT2D eigenvalue weighted by atomic mass is 10.1. The zero-order valence-electron chi connectivity index (χ0n) is 11.3. The standard InChI is InChI=1S/C18H14O3/c19-17-14-10-4-5-12-16(14)21-18(20)15(17)11-6-9-13-7-2-1-3-8-13/h1-10,12,19H,11H2/b9-6+. The van der Waals surface area contributed by atoms with E-state index in [1.54, 1.807) is 24.3 Å².